The molecular formula is C28H33B. The fourth-order valence-corrected chi connectivity index (χ4v) is 4.77. The van der Waals surface area contributed by atoms with Crippen molar-refractivity contribution in [1.29, 1.82) is 0 Å². The van der Waals surface area contributed by atoms with Gasteiger partial charge in [0.25, 0.3) is 0 Å². The Labute approximate surface area is 178 Å². The lowest BCUT2D eigenvalue weighted by molar-refractivity contribution is 0.577. The second kappa shape index (κ2) is 7.86. The van der Waals surface area contributed by atoms with E-state index < -0.39 is 0 Å². The molecule has 0 saturated heterocycles. The molecule has 0 aromatic heterocycles. The van der Waals surface area contributed by atoms with Crippen LogP contribution in [-0.2, 0) is 10.8 Å². The van der Waals surface area contributed by atoms with Gasteiger partial charge in [0.15, 0.2) is 0 Å². The quantitative estimate of drug-likeness (QED) is 0.440. The lowest BCUT2D eigenvalue weighted by Crippen LogP contribution is -2.33. The van der Waals surface area contributed by atoms with Crippen LogP contribution in [-0.4, -0.2) is 7.85 Å². The number of aryl methyl sites for hydroxylation is 1. The molecule has 3 aromatic rings. The van der Waals surface area contributed by atoms with Gasteiger partial charge in [-0.2, -0.15) is 0 Å². The van der Waals surface area contributed by atoms with Crippen molar-refractivity contribution in [1.82, 2.24) is 0 Å². The Morgan fingerprint density at radius 2 is 1.07 bits per heavy atom. The predicted octanol–water partition coefficient (Wildman–Crippen LogP) is 6.56. The van der Waals surface area contributed by atoms with Gasteiger partial charge in [-0.3, -0.25) is 0 Å². The monoisotopic (exact) mass is 380 g/mol. The molecule has 0 heterocycles. The summed E-state index contributed by atoms with van der Waals surface area (Å²) in [4.78, 5) is 0. The van der Waals surface area contributed by atoms with Crippen molar-refractivity contribution in [3.8, 4) is 0 Å². The minimum absolute atomic E-state index is 0.108. The summed E-state index contributed by atoms with van der Waals surface area (Å²) in [7, 11) is 6.70. The third kappa shape index (κ3) is 3.80. The van der Waals surface area contributed by atoms with Crippen LogP contribution in [0, 0.1) is 6.92 Å². The summed E-state index contributed by atoms with van der Waals surface area (Å²) < 4.78 is 0. The molecule has 0 nitrogen and oxygen atoms in total. The Balaban J connectivity index is 2.22. The van der Waals surface area contributed by atoms with Crippen molar-refractivity contribution < 1.29 is 0 Å². The van der Waals surface area contributed by atoms with E-state index >= 15 is 0 Å². The molecule has 0 atom stereocenters. The topological polar surface area (TPSA) is 0 Å². The zero-order valence-electron chi connectivity index (χ0n) is 19.0. The van der Waals surface area contributed by atoms with E-state index in [1.165, 1.54) is 33.4 Å². The van der Waals surface area contributed by atoms with Crippen LogP contribution in [0.5, 0.6) is 0 Å². The lowest BCUT2D eigenvalue weighted by atomic mass is 9.65. The molecule has 29 heavy (non-hydrogen) atoms. The van der Waals surface area contributed by atoms with Crippen LogP contribution in [0.3, 0.4) is 0 Å². The predicted molar refractivity (Wildman–Crippen MR) is 128 cm³/mol. The zero-order chi connectivity index (χ0) is 21.4. The minimum Gasteiger partial charge on any atom is -0.0893 e. The molecule has 0 spiro atoms. The van der Waals surface area contributed by atoms with Gasteiger partial charge in [0, 0.05) is 10.8 Å². The maximum Gasteiger partial charge on any atom is 0.114 e. The number of hydrogen-bond donors (Lipinski definition) is 0. The maximum atomic E-state index is 6.70. The Morgan fingerprint density at radius 3 is 1.59 bits per heavy atom. The highest BCUT2D eigenvalue weighted by atomic mass is 14.4. The molecular weight excluding hydrogens is 347 g/mol. The van der Waals surface area contributed by atoms with E-state index in [0.29, 0.717) is 5.92 Å². The van der Waals surface area contributed by atoms with E-state index in [9.17, 15) is 0 Å². The molecule has 0 amide bonds. The van der Waals surface area contributed by atoms with Crippen LogP contribution in [0.4, 0.5) is 0 Å². The fourth-order valence-electron chi connectivity index (χ4n) is 4.77. The molecule has 2 radical (unpaired) electrons. The van der Waals surface area contributed by atoms with Crippen LogP contribution in [0.25, 0.3) is 0 Å². The van der Waals surface area contributed by atoms with E-state index in [0.717, 1.165) is 5.46 Å². The van der Waals surface area contributed by atoms with E-state index in [4.69, 9.17) is 7.85 Å². The smallest absolute Gasteiger partial charge is 0.0893 e. The molecule has 148 valence electrons. The van der Waals surface area contributed by atoms with Gasteiger partial charge in [-0.15, -0.1) is 0 Å². The average Bonchev–Trinajstić information content (AvgIpc) is 2.68. The first-order chi connectivity index (χ1) is 13.6. The summed E-state index contributed by atoms with van der Waals surface area (Å²) >= 11 is 0. The van der Waals surface area contributed by atoms with Gasteiger partial charge >= 0.3 is 0 Å². The molecule has 0 saturated carbocycles. The van der Waals surface area contributed by atoms with Gasteiger partial charge in [0.05, 0.1) is 0 Å². The summed E-state index contributed by atoms with van der Waals surface area (Å²) in [6, 6.07) is 24.1. The highest BCUT2D eigenvalue weighted by Gasteiger charge is 2.34. The molecule has 3 rings (SSSR count). The standard InChI is InChI=1S/C28H33B/c1-19(2)21-14-12-18-25(26(21)29)28(6,7)24-17-11-10-16-23(24)27(4,5)22-15-9-8-13-20(22)3/h8-19H,1-7H3. The second-order valence-corrected chi connectivity index (χ2v) is 9.57. The van der Waals surface area contributed by atoms with Gasteiger partial charge in [-0.05, 0) is 40.7 Å². The van der Waals surface area contributed by atoms with Crippen molar-refractivity contribution in [3.63, 3.8) is 0 Å². The SMILES string of the molecule is [B]c1c(C(C)C)cccc1C(C)(C)c1ccccc1C(C)(C)c1ccccc1C. The van der Waals surface area contributed by atoms with Gasteiger partial charge < -0.3 is 0 Å². The van der Waals surface area contributed by atoms with Crippen LogP contribution in [0.2, 0.25) is 0 Å². The molecule has 0 unspecified atom stereocenters. The third-order valence-corrected chi connectivity index (χ3v) is 6.53. The summed E-state index contributed by atoms with van der Waals surface area (Å²) in [6.45, 7) is 15.9. The highest BCUT2D eigenvalue weighted by molar-refractivity contribution is 6.34. The van der Waals surface area contributed by atoms with Gasteiger partial charge in [-0.25, -0.2) is 0 Å². The molecule has 1 heteroatoms. The summed E-state index contributed by atoms with van der Waals surface area (Å²) in [5, 5.41) is 0. The van der Waals surface area contributed by atoms with E-state index in [2.05, 4.69) is 115 Å². The minimum atomic E-state index is -0.203. The van der Waals surface area contributed by atoms with E-state index in [1.807, 2.05) is 0 Å². The van der Waals surface area contributed by atoms with Gasteiger partial charge in [0.2, 0.25) is 0 Å². The largest absolute Gasteiger partial charge is 0.114 e. The first kappa shape index (κ1) is 21.4. The molecule has 0 aliphatic rings. The van der Waals surface area contributed by atoms with Crippen LogP contribution in [0.15, 0.2) is 66.7 Å². The van der Waals surface area contributed by atoms with Crippen molar-refractivity contribution in [2.45, 2.75) is 65.2 Å². The van der Waals surface area contributed by atoms with Crippen molar-refractivity contribution in [3.05, 3.63) is 100 Å². The Morgan fingerprint density at radius 1 is 0.621 bits per heavy atom. The Bertz CT molecular complexity index is 1010. The fraction of sp³-hybridized carbons (Fsp3) is 0.357. The van der Waals surface area contributed by atoms with Crippen LogP contribution >= 0.6 is 0 Å². The summed E-state index contributed by atoms with van der Waals surface area (Å²) in [5.41, 5.74) is 8.43. The Kier molecular flexibility index (Phi) is 5.81. The van der Waals surface area contributed by atoms with Gasteiger partial charge in [0.1, 0.15) is 7.85 Å². The second-order valence-electron chi connectivity index (χ2n) is 9.57. The molecule has 0 aliphatic carbocycles. The lowest BCUT2D eigenvalue weighted by Gasteiger charge is -2.37. The van der Waals surface area contributed by atoms with Gasteiger partial charge in [-0.1, -0.05) is 119 Å². The number of hydrogen-bond acceptors (Lipinski definition) is 0. The first-order valence-electron chi connectivity index (χ1n) is 10.6. The summed E-state index contributed by atoms with van der Waals surface area (Å²) in [5.74, 6) is 0.407. The van der Waals surface area contributed by atoms with Crippen LogP contribution in [0.1, 0.15) is 80.8 Å². The molecule has 0 bridgehead atoms. The normalized spacial score (nSPS) is 12.4. The maximum absolute atomic E-state index is 6.70. The molecule has 3 aromatic carbocycles. The van der Waals surface area contributed by atoms with Crippen molar-refractivity contribution in [2.75, 3.05) is 0 Å². The number of rotatable bonds is 5. The zero-order valence-corrected chi connectivity index (χ0v) is 19.0. The third-order valence-electron chi connectivity index (χ3n) is 6.53. The molecule has 0 N–H and O–H groups in total. The van der Waals surface area contributed by atoms with E-state index in [1.54, 1.807) is 0 Å². The van der Waals surface area contributed by atoms with Crippen LogP contribution < -0.4 is 5.46 Å². The number of benzene rings is 3. The van der Waals surface area contributed by atoms with Crippen molar-refractivity contribution in [2.24, 2.45) is 0 Å². The first-order valence-corrected chi connectivity index (χ1v) is 10.6. The Hall–Kier alpha value is -2.28. The molecule has 0 aliphatic heterocycles. The average molecular weight is 380 g/mol. The summed E-state index contributed by atoms with van der Waals surface area (Å²) in [6.07, 6.45) is 0. The van der Waals surface area contributed by atoms with Crippen molar-refractivity contribution >= 4 is 13.3 Å². The van der Waals surface area contributed by atoms with E-state index in [-0.39, 0.29) is 10.8 Å². The molecule has 0 fully saturated rings. The highest BCUT2D eigenvalue weighted by Crippen LogP contribution is 2.41.